The highest BCUT2D eigenvalue weighted by molar-refractivity contribution is 5.97. The third kappa shape index (κ3) is 4.97. The van der Waals surface area contributed by atoms with Crippen LogP contribution in [0.4, 0.5) is 4.39 Å². The number of Topliss-reactive ketones (excluding diaryl/α,β-unsaturated/α-hetero) is 1. The first-order valence-electron chi connectivity index (χ1n) is 10.5. The first-order chi connectivity index (χ1) is 14.9. The molecular weight excluding hydrogens is 397 g/mol. The van der Waals surface area contributed by atoms with E-state index in [9.17, 15) is 19.1 Å². The number of ketones is 1. The number of carboxylic acids is 1. The minimum absolute atomic E-state index is 0.183. The number of carbonyl (C=O) groups excluding carboxylic acids is 1. The van der Waals surface area contributed by atoms with Crippen LogP contribution in [0, 0.1) is 5.82 Å². The van der Waals surface area contributed by atoms with Crippen LogP contribution in [0.1, 0.15) is 49.3 Å². The molecule has 0 unspecified atom stereocenters. The smallest absolute Gasteiger partial charge is 0.310 e. The molecule has 1 saturated carbocycles. The van der Waals surface area contributed by atoms with Crippen LogP contribution in [0.2, 0.25) is 0 Å². The van der Waals surface area contributed by atoms with Gasteiger partial charge >= 0.3 is 5.97 Å². The van der Waals surface area contributed by atoms with Gasteiger partial charge in [-0.1, -0.05) is 30.3 Å². The van der Waals surface area contributed by atoms with E-state index in [2.05, 4.69) is 0 Å². The summed E-state index contributed by atoms with van der Waals surface area (Å²) in [4.78, 5) is 27.4. The Hall–Kier alpha value is -3.12. The highest BCUT2D eigenvalue weighted by Gasteiger charge is 2.30. The normalized spacial score (nSPS) is 14.5. The predicted molar refractivity (Wildman–Crippen MR) is 115 cm³/mol. The van der Waals surface area contributed by atoms with Crippen LogP contribution >= 0.6 is 0 Å². The second-order valence-corrected chi connectivity index (χ2v) is 8.15. The van der Waals surface area contributed by atoms with Crippen molar-refractivity contribution in [2.45, 2.75) is 50.5 Å². The summed E-state index contributed by atoms with van der Waals surface area (Å²) >= 11 is 0. The maximum Gasteiger partial charge on any atom is 0.310 e. The van der Waals surface area contributed by atoms with Crippen LogP contribution in [0.25, 0.3) is 22.0 Å². The van der Waals surface area contributed by atoms with Gasteiger partial charge in [0.1, 0.15) is 18.0 Å². The molecule has 31 heavy (non-hydrogen) atoms. The van der Waals surface area contributed by atoms with Gasteiger partial charge in [0.25, 0.3) is 0 Å². The van der Waals surface area contributed by atoms with Crippen LogP contribution in [-0.4, -0.2) is 33.1 Å². The lowest BCUT2D eigenvalue weighted by Crippen LogP contribution is -2.17. The Morgan fingerprint density at radius 1 is 1.10 bits per heavy atom. The summed E-state index contributed by atoms with van der Waals surface area (Å²) in [6, 6.07) is 14.2. The Labute approximate surface area is 179 Å². The van der Waals surface area contributed by atoms with Gasteiger partial charge in [-0.2, -0.15) is 0 Å². The van der Waals surface area contributed by atoms with E-state index in [1.165, 1.54) is 12.1 Å². The molecule has 1 aliphatic carbocycles. The molecule has 0 spiro atoms. The number of rotatable bonds is 9. The number of fused-ring (bicyclic) bond motifs is 1. The molecule has 5 nitrogen and oxygen atoms in total. The number of carboxylic acid groups (broad SMARTS) is 1. The molecule has 3 aromatic rings. The van der Waals surface area contributed by atoms with Gasteiger partial charge in [-0.05, 0) is 60.6 Å². The molecule has 0 radical (unpaired) electrons. The SMILES string of the molecule is O=C(O)CC(=O)C[C@@H](O)CCc1c(C2CC2)nc2ccccc2c1-c1ccc(F)cc1. The van der Waals surface area contributed by atoms with Crippen molar-refractivity contribution in [3.63, 3.8) is 0 Å². The summed E-state index contributed by atoms with van der Waals surface area (Å²) in [5.74, 6) is -1.62. The Bertz CT molecular complexity index is 1120. The Kier molecular flexibility index (Phi) is 6.09. The van der Waals surface area contributed by atoms with E-state index in [1.807, 2.05) is 24.3 Å². The summed E-state index contributed by atoms with van der Waals surface area (Å²) in [6.45, 7) is 0. The number of hydrogen-bond acceptors (Lipinski definition) is 4. The molecule has 6 heteroatoms. The number of benzene rings is 2. The number of nitrogens with zero attached hydrogens (tertiary/aromatic N) is 1. The van der Waals surface area contributed by atoms with Crippen molar-refractivity contribution in [1.82, 2.24) is 4.98 Å². The van der Waals surface area contributed by atoms with Crippen molar-refractivity contribution >= 4 is 22.7 Å². The summed E-state index contributed by atoms with van der Waals surface area (Å²) in [6.07, 6.45) is 1.24. The quantitative estimate of drug-likeness (QED) is 0.491. The number of aliphatic hydroxyl groups is 1. The lowest BCUT2D eigenvalue weighted by molar-refractivity contribution is -0.140. The Morgan fingerprint density at radius 2 is 1.81 bits per heavy atom. The van der Waals surface area contributed by atoms with E-state index in [0.29, 0.717) is 18.8 Å². The largest absolute Gasteiger partial charge is 0.481 e. The summed E-state index contributed by atoms with van der Waals surface area (Å²) in [5.41, 5.74) is 4.76. The van der Waals surface area contributed by atoms with Crippen molar-refractivity contribution in [3.05, 3.63) is 65.6 Å². The minimum Gasteiger partial charge on any atom is -0.481 e. The zero-order chi connectivity index (χ0) is 22.0. The first kappa shape index (κ1) is 21.1. The zero-order valence-electron chi connectivity index (χ0n) is 17.1. The van der Waals surface area contributed by atoms with E-state index < -0.39 is 24.3 Å². The predicted octanol–water partition coefficient (Wildman–Crippen LogP) is 4.65. The van der Waals surface area contributed by atoms with Gasteiger partial charge in [0.05, 0.1) is 11.6 Å². The number of aliphatic carboxylic acids is 1. The topological polar surface area (TPSA) is 87.5 Å². The number of halogens is 1. The van der Waals surface area contributed by atoms with Gasteiger partial charge in [0, 0.05) is 23.4 Å². The fourth-order valence-corrected chi connectivity index (χ4v) is 4.08. The molecule has 1 heterocycles. The molecule has 1 atom stereocenters. The van der Waals surface area contributed by atoms with Crippen molar-refractivity contribution in [3.8, 4) is 11.1 Å². The monoisotopic (exact) mass is 421 g/mol. The molecule has 1 fully saturated rings. The molecule has 0 aliphatic heterocycles. The molecule has 0 amide bonds. The molecule has 2 N–H and O–H groups in total. The van der Waals surface area contributed by atoms with Crippen LogP contribution in [0.5, 0.6) is 0 Å². The van der Waals surface area contributed by atoms with Crippen LogP contribution < -0.4 is 0 Å². The molecule has 1 aromatic heterocycles. The number of hydrogen-bond donors (Lipinski definition) is 2. The first-order valence-corrected chi connectivity index (χ1v) is 10.5. The van der Waals surface area contributed by atoms with Gasteiger partial charge in [-0.15, -0.1) is 0 Å². The summed E-state index contributed by atoms with van der Waals surface area (Å²) in [7, 11) is 0. The van der Waals surface area contributed by atoms with Crippen molar-refractivity contribution < 1.29 is 24.2 Å². The van der Waals surface area contributed by atoms with Gasteiger partial charge in [0.15, 0.2) is 0 Å². The molecule has 160 valence electrons. The average molecular weight is 421 g/mol. The van der Waals surface area contributed by atoms with Crippen LogP contribution in [0.3, 0.4) is 0 Å². The number of para-hydroxylation sites is 1. The maximum absolute atomic E-state index is 13.6. The van der Waals surface area contributed by atoms with Crippen molar-refractivity contribution in [1.29, 1.82) is 0 Å². The second-order valence-electron chi connectivity index (χ2n) is 8.15. The Balaban J connectivity index is 1.71. The van der Waals surface area contributed by atoms with Crippen molar-refractivity contribution in [2.24, 2.45) is 0 Å². The van der Waals surface area contributed by atoms with E-state index in [0.717, 1.165) is 46.1 Å². The molecule has 4 rings (SSSR count). The van der Waals surface area contributed by atoms with Crippen LogP contribution in [0.15, 0.2) is 48.5 Å². The maximum atomic E-state index is 13.6. The van der Waals surface area contributed by atoms with Gasteiger partial charge in [0.2, 0.25) is 0 Å². The number of pyridine rings is 1. The number of aliphatic hydroxyl groups excluding tert-OH is 1. The van der Waals surface area contributed by atoms with E-state index in [-0.39, 0.29) is 12.2 Å². The number of aromatic nitrogens is 1. The van der Waals surface area contributed by atoms with E-state index in [4.69, 9.17) is 10.1 Å². The van der Waals surface area contributed by atoms with Crippen molar-refractivity contribution in [2.75, 3.05) is 0 Å². The van der Waals surface area contributed by atoms with Crippen LogP contribution in [-0.2, 0) is 16.0 Å². The van der Waals surface area contributed by atoms with Gasteiger partial charge in [-0.25, -0.2) is 4.39 Å². The van der Waals surface area contributed by atoms with Gasteiger partial charge < -0.3 is 10.2 Å². The fourth-order valence-electron chi connectivity index (χ4n) is 4.08. The lowest BCUT2D eigenvalue weighted by Gasteiger charge is -2.19. The Morgan fingerprint density at radius 3 is 2.48 bits per heavy atom. The summed E-state index contributed by atoms with van der Waals surface area (Å²) in [5, 5.41) is 20.1. The molecule has 1 aliphatic rings. The lowest BCUT2D eigenvalue weighted by atomic mass is 9.89. The second kappa shape index (κ2) is 8.94. The highest BCUT2D eigenvalue weighted by Crippen LogP contribution is 2.45. The third-order valence-corrected chi connectivity index (χ3v) is 5.66. The summed E-state index contributed by atoms with van der Waals surface area (Å²) < 4.78 is 13.6. The number of carbonyl (C=O) groups is 2. The van der Waals surface area contributed by atoms with E-state index in [1.54, 1.807) is 12.1 Å². The highest BCUT2D eigenvalue weighted by atomic mass is 19.1. The standard InChI is InChI=1S/C25H24FNO4/c26-17-9-7-15(8-10-17)24-20-3-1-2-4-22(20)27-25(16-5-6-16)21(24)12-11-18(28)13-19(29)14-23(30)31/h1-4,7-10,16,18,28H,5-6,11-14H2,(H,30,31)/t18-/m0/s1. The third-order valence-electron chi connectivity index (χ3n) is 5.66. The molecule has 0 saturated heterocycles. The van der Waals surface area contributed by atoms with Gasteiger partial charge in [-0.3, -0.25) is 14.6 Å². The minimum atomic E-state index is -1.19. The molecular formula is C25H24FNO4. The fraction of sp³-hybridized carbons (Fsp3) is 0.320. The molecule has 0 bridgehead atoms. The van der Waals surface area contributed by atoms with E-state index >= 15 is 0 Å². The molecule has 2 aromatic carbocycles. The zero-order valence-corrected chi connectivity index (χ0v) is 17.1. The average Bonchev–Trinajstić information content (AvgIpc) is 3.56.